The van der Waals surface area contributed by atoms with Crippen molar-refractivity contribution in [2.75, 3.05) is 6.61 Å². The number of carbonyl (C=O) groups excluding carboxylic acids is 1. The van der Waals surface area contributed by atoms with E-state index in [1.54, 1.807) is 0 Å². The van der Waals surface area contributed by atoms with Gasteiger partial charge in [-0.3, -0.25) is 4.79 Å². The maximum Gasteiger partial charge on any atom is 0.161 e. The number of carbonyl (C=O) groups is 1. The first-order chi connectivity index (χ1) is 6.86. The second-order valence-electron chi connectivity index (χ2n) is 3.62. The van der Waals surface area contributed by atoms with Gasteiger partial charge in [0.25, 0.3) is 0 Å². The van der Waals surface area contributed by atoms with Gasteiger partial charge in [0, 0.05) is 19.4 Å². The molecule has 1 fully saturated rings. The Morgan fingerprint density at radius 2 is 2.07 bits per heavy atom. The SMILES string of the molecule is O=C1CCCOC1Cc1ccccc1. The lowest BCUT2D eigenvalue weighted by molar-refractivity contribution is -0.135. The van der Waals surface area contributed by atoms with Crippen molar-refractivity contribution in [2.45, 2.75) is 25.4 Å². The van der Waals surface area contributed by atoms with Crippen molar-refractivity contribution in [3.05, 3.63) is 35.9 Å². The number of hydrogen-bond acceptors (Lipinski definition) is 2. The van der Waals surface area contributed by atoms with Crippen LogP contribution < -0.4 is 0 Å². The summed E-state index contributed by atoms with van der Waals surface area (Å²) in [5.41, 5.74) is 1.17. The Morgan fingerprint density at radius 1 is 1.29 bits per heavy atom. The van der Waals surface area contributed by atoms with E-state index in [-0.39, 0.29) is 11.9 Å². The molecule has 0 bridgehead atoms. The van der Waals surface area contributed by atoms with Crippen LogP contribution >= 0.6 is 0 Å². The molecule has 1 saturated heterocycles. The molecule has 2 rings (SSSR count). The van der Waals surface area contributed by atoms with Crippen molar-refractivity contribution in [2.24, 2.45) is 0 Å². The minimum Gasteiger partial charge on any atom is -0.370 e. The Balaban J connectivity index is 2.00. The smallest absolute Gasteiger partial charge is 0.161 e. The van der Waals surface area contributed by atoms with Gasteiger partial charge in [-0.25, -0.2) is 0 Å². The van der Waals surface area contributed by atoms with Gasteiger partial charge in [0.15, 0.2) is 5.78 Å². The standard InChI is InChI=1S/C12H14O2/c13-11-7-4-8-14-12(11)9-10-5-2-1-3-6-10/h1-3,5-6,12H,4,7-9H2. The average molecular weight is 190 g/mol. The van der Waals surface area contributed by atoms with Gasteiger partial charge < -0.3 is 4.74 Å². The van der Waals surface area contributed by atoms with E-state index in [0.29, 0.717) is 6.42 Å². The topological polar surface area (TPSA) is 26.3 Å². The summed E-state index contributed by atoms with van der Waals surface area (Å²) < 4.78 is 5.44. The molecule has 0 N–H and O–H groups in total. The average Bonchev–Trinajstić information content (AvgIpc) is 2.23. The van der Waals surface area contributed by atoms with Gasteiger partial charge in [-0.15, -0.1) is 0 Å². The van der Waals surface area contributed by atoms with Gasteiger partial charge in [-0.1, -0.05) is 30.3 Å². The van der Waals surface area contributed by atoms with E-state index in [2.05, 4.69) is 0 Å². The molecule has 1 aliphatic heterocycles. The van der Waals surface area contributed by atoms with Crippen LogP contribution in [0.5, 0.6) is 0 Å². The van der Waals surface area contributed by atoms with E-state index in [4.69, 9.17) is 4.74 Å². The number of benzene rings is 1. The summed E-state index contributed by atoms with van der Waals surface area (Å²) in [6, 6.07) is 10.0. The summed E-state index contributed by atoms with van der Waals surface area (Å²) in [4.78, 5) is 11.5. The van der Waals surface area contributed by atoms with Crippen LogP contribution in [-0.4, -0.2) is 18.5 Å². The number of rotatable bonds is 2. The van der Waals surface area contributed by atoms with Gasteiger partial charge in [0.1, 0.15) is 6.10 Å². The lowest BCUT2D eigenvalue weighted by atomic mass is 10.0. The zero-order valence-corrected chi connectivity index (χ0v) is 8.11. The van der Waals surface area contributed by atoms with Gasteiger partial charge >= 0.3 is 0 Å². The van der Waals surface area contributed by atoms with Crippen LogP contribution in [0.15, 0.2) is 30.3 Å². The fraction of sp³-hybridized carbons (Fsp3) is 0.417. The van der Waals surface area contributed by atoms with Crippen molar-refractivity contribution in [3.8, 4) is 0 Å². The Hall–Kier alpha value is -1.15. The molecule has 0 amide bonds. The molecule has 2 heteroatoms. The zero-order chi connectivity index (χ0) is 9.80. The normalized spacial score (nSPS) is 22.3. The molecule has 0 aliphatic carbocycles. The molecule has 2 nitrogen and oxygen atoms in total. The summed E-state index contributed by atoms with van der Waals surface area (Å²) in [5.74, 6) is 0.250. The number of ether oxygens (including phenoxy) is 1. The van der Waals surface area contributed by atoms with E-state index in [9.17, 15) is 4.79 Å². The highest BCUT2D eigenvalue weighted by atomic mass is 16.5. The van der Waals surface area contributed by atoms with Crippen molar-refractivity contribution < 1.29 is 9.53 Å². The maximum absolute atomic E-state index is 11.5. The van der Waals surface area contributed by atoms with Gasteiger partial charge in [0.05, 0.1) is 0 Å². The second kappa shape index (κ2) is 4.38. The van der Waals surface area contributed by atoms with Crippen LogP contribution in [0.2, 0.25) is 0 Å². The lowest BCUT2D eigenvalue weighted by Gasteiger charge is -2.21. The largest absolute Gasteiger partial charge is 0.370 e. The third kappa shape index (κ3) is 2.20. The molecule has 0 radical (unpaired) electrons. The fourth-order valence-electron chi connectivity index (χ4n) is 1.73. The molecule has 14 heavy (non-hydrogen) atoms. The highest BCUT2D eigenvalue weighted by Crippen LogP contribution is 2.14. The minimum atomic E-state index is -0.203. The van der Waals surface area contributed by atoms with E-state index in [1.807, 2.05) is 30.3 Å². The van der Waals surface area contributed by atoms with Crippen LogP contribution in [0, 0.1) is 0 Å². The van der Waals surface area contributed by atoms with Crippen molar-refractivity contribution >= 4 is 5.78 Å². The fourth-order valence-corrected chi connectivity index (χ4v) is 1.73. The number of hydrogen-bond donors (Lipinski definition) is 0. The van der Waals surface area contributed by atoms with Crippen LogP contribution in [0.25, 0.3) is 0 Å². The highest BCUT2D eigenvalue weighted by molar-refractivity contribution is 5.83. The second-order valence-corrected chi connectivity index (χ2v) is 3.62. The monoisotopic (exact) mass is 190 g/mol. The maximum atomic E-state index is 11.5. The van der Waals surface area contributed by atoms with Crippen molar-refractivity contribution in [1.82, 2.24) is 0 Å². The van der Waals surface area contributed by atoms with Crippen LogP contribution in [0.4, 0.5) is 0 Å². The molecular formula is C12H14O2. The first-order valence-electron chi connectivity index (χ1n) is 5.04. The molecule has 0 spiro atoms. The van der Waals surface area contributed by atoms with Crippen molar-refractivity contribution in [3.63, 3.8) is 0 Å². The third-order valence-electron chi connectivity index (χ3n) is 2.51. The summed E-state index contributed by atoms with van der Waals surface area (Å²) in [6.45, 7) is 0.725. The molecular weight excluding hydrogens is 176 g/mol. The van der Waals surface area contributed by atoms with Gasteiger partial charge in [-0.05, 0) is 12.0 Å². The lowest BCUT2D eigenvalue weighted by Crippen LogP contribution is -2.31. The molecule has 0 saturated carbocycles. The Kier molecular flexibility index (Phi) is 2.94. The molecule has 1 heterocycles. The van der Waals surface area contributed by atoms with E-state index in [0.717, 1.165) is 19.4 Å². The Bertz CT molecular complexity index is 305. The number of ketones is 1. The van der Waals surface area contributed by atoms with Crippen LogP contribution in [0.1, 0.15) is 18.4 Å². The third-order valence-corrected chi connectivity index (χ3v) is 2.51. The summed E-state index contributed by atoms with van der Waals surface area (Å²) >= 11 is 0. The molecule has 1 aromatic carbocycles. The first-order valence-corrected chi connectivity index (χ1v) is 5.04. The quantitative estimate of drug-likeness (QED) is 0.712. The summed E-state index contributed by atoms with van der Waals surface area (Å²) in [6.07, 6.45) is 2.08. The van der Waals surface area contributed by atoms with Crippen LogP contribution in [0.3, 0.4) is 0 Å². The van der Waals surface area contributed by atoms with Gasteiger partial charge in [0.2, 0.25) is 0 Å². The molecule has 1 aliphatic rings. The van der Waals surface area contributed by atoms with Crippen LogP contribution in [-0.2, 0) is 16.0 Å². The molecule has 1 unspecified atom stereocenters. The summed E-state index contributed by atoms with van der Waals surface area (Å²) in [7, 11) is 0. The van der Waals surface area contributed by atoms with Crippen molar-refractivity contribution in [1.29, 1.82) is 0 Å². The van der Waals surface area contributed by atoms with Gasteiger partial charge in [-0.2, -0.15) is 0 Å². The zero-order valence-electron chi connectivity index (χ0n) is 8.11. The van der Waals surface area contributed by atoms with E-state index >= 15 is 0 Å². The molecule has 1 aromatic rings. The summed E-state index contributed by atoms with van der Waals surface area (Å²) in [5, 5.41) is 0. The molecule has 1 atom stereocenters. The Morgan fingerprint density at radius 3 is 2.79 bits per heavy atom. The predicted molar refractivity (Wildman–Crippen MR) is 54.1 cm³/mol. The molecule has 0 aromatic heterocycles. The first kappa shape index (κ1) is 9.41. The minimum absolute atomic E-state index is 0.203. The molecule has 74 valence electrons. The number of Topliss-reactive ketones (excluding diaryl/α,β-unsaturated/α-hetero) is 1. The highest BCUT2D eigenvalue weighted by Gasteiger charge is 2.22. The predicted octanol–water partition coefficient (Wildman–Crippen LogP) is 1.98. The Labute approximate surface area is 83.9 Å². The van der Waals surface area contributed by atoms with E-state index in [1.165, 1.54) is 5.56 Å². The van der Waals surface area contributed by atoms with E-state index < -0.39 is 0 Å².